The minimum Gasteiger partial charge on any atom is -0.353 e. The van der Waals surface area contributed by atoms with Crippen LogP contribution in [0.5, 0.6) is 0 Å². The average Bonchev–Trinajstić information content (AvgIpc) is 3.16. The van der Waals surface area contributed by atoms with Crippen LogP contribution in [-0.4, -0.2) is 45.7 Å². The second-order valence-corrected chi connectivity index (χ2v) is 5.93. The van der Waals surface area contributed by atoms with E-state index in [1.165, 1.54) is 5.56 Å². The molecular formula is C18H20N6. The van der Waals surface area contributed by atoms with Crippen LogP contribution in [0.15, 0.2) is 55.4 Å². The van der Waals surface area contributed by atoms with Crippen LogP contribution in [0.1, 0.15) is 5.56 Å². The number of benzene rings is 1. The second-order valence-electron chi connectivity index (χ2n) is 5.93. The monoisotopic (exact) mass is 320 g/mol. The highest BCUT2D eigenvalue weighted by atomic mass is 15.2. The zero-order valence-electron chi connectivity index (χ0n) is 13.5. The molecule has 24 heavy (non-hydrogen) atoms. The molecule has 6 heteroatoms. The molecule has 4 rings (SSSR count). The van der Waals surface area contributed by atoms with Gasteiger partial charge in [0.05, 0.1) is 24.4 Å². The van der Waals surface area contributed by atoms with Gasteiger partial charge in [-0.05, 0) is 5.56 Å². The predicted octanol–water partition coefficient (Wildman–Crippen LogP) is 1.80. The number of nitrogens with one attached hydrogen (secondary N) is 1. The lowest BCUT2D eigenvalue weighted by atomic mass is 10.1. The molecule has 0 radical (unpaired) electrons. The maximum absolute atomic E-state index is 4.79. The summed E-state index contributed by atoms with van der Waals surface area (Å²) >= 11 is 0. The first-order valence-corrected chi connectivity index (χ1v) is 8.21. The molecule has 1 aliphatic heterocycles. The fourth-order valence-electron chi connectivity index (χ4n) is 2.91. The van der Waals surface area contributed by atoms with Gasteiger partial charge in [0.25, 0.3) is 0 Å². The average molecular weight is 320 g/mol. The number of nitrogens with zero attached hydrogens (tertiary/aromatic N) is 5. The maximum atomic E-state index is 4.79. The Labute approximate surface area is 141 Å². The third-order valence-corrected chi connectivity index (χ3v) is 4.24. The Bertz CT molecular complexity index is 776. The Kier molecular flexibility index (Phi) is 4.20. The van der Waals surface area contributed by atoms with E-state index in [0.717, 1.165) is 49.8 Å². The van der Waals surface area contributed by atoms with E-state index in [2.05, 4.69) is 49.0 Å². The summed E-state index contributed by atoms with van der Waals surface area (Å²) in [5.41, 5.74) is 3.25. The Morgan fingerprint density at radius 1 is 1.00 bits per heavy atom. The van der Waals surface area contributed by atoms with Crippen molar-refractivity contribution < 1.29 is 0 Å². The summed E-state index contributed by atoms with van der Waals surface area (Å²) in [7, 11) is 0. The highest BCUT2D eigenvalue weighted by Crippen LogP contribution is 2.20. The molecule has 0 aliphatic carbocycles. The topological polar surface area (TPSA) is 58.9 Å². The van der Waals surface area contributed by atoms with Crippen LogP contribution in [0.2, 0.25) is 0 Å². The normalized spacial score (nSPS) is 14.8. The van der Waals surface area contributed by atoms with Crippen LogP contribution in [-0.2, 0) is 6.54 Å². The van der Waals surface area contributed by atoms with Crippen molar-refractivity contribution in [2.75, 3.05) is 31.1 Å². The first kappa shape index (κ1) is 14.8. The largest absolute Gasteiger partial charge is 0.353 e. The number of aromatic nitrogens is 4. The molecule has 122 valence electrons. The van der Waals surface area contributed by atoms with Crippen LogP contribution < -0.4 is 10.2 Å². The molecule has 1 aliphatic rings. The number of imidazole rings is 1. The first-order valence-electron chi connectivity index (χ1n) is 8.21. The molecule has 6 nitrogen and oxygen atoms in total. The molecule has 1 aromatic carbocycles. The van der Waals surface area contributed by atoms with Gasteiger partial charge in [-0.1, -0.05) is 24.3 Å². The van der Waals surface area contributed by atoms with Crippen LogP contribution in [0.3, 0.4) is 0 Å². The zero-order chi connectivity index (χ0) is 16.2. The van der Waals surface area contributed by atoms with E-state index in [1.54, 1.807) is 6.20 Å². The van der Waals surface area contributed by atoms with E-state index in [4.69, 9.17) is 4.98 Å². The third kappa shape index (κ3) is 3.28. The van der Waals surface area contributed by atoms with Gasteiger partial charge in [-0.15, -0.1) is 0 Å². The van der Waals surface area contributed by atoms with Gasteiger partial charge in [-0.2, -0.15) is 0 Å². The highest BCUT2D eigenvalue weighted by Gasteiger charge is 2.12. The Balaban J connectivity index is 1.52. The van der Waals surface area contributed by atoms with Crippen molar-refractivity contribution in [1.29, 1.82) is 0 Å². The molecule has 1 N–H and O–H groups in total. The summed E-state index contributed by atoms with van der Waals surface area (Å²) in [6.45, 7) is 4.76. The molecule has 0 unspecified atom stereocenters. The number of hydrogen-bond acceptors (Lipinski definition) is 5. The van der Waals surface area contributed by atoms with Crippen LogP contribution in [0.25, 0.3) is 11.3 Å². The van der Waals surface area contributed by atoms with Crippen molar-refractivity contribution >= 4 is 5.82 Å². The van der Waals surface area contributed by atoms with Crippen LogP contribution in [0, 0.1) is 0 Å². The van der Waals surface area contributed by atoms with E-state index >= 15 is 0 Å². The third-order valence-electron chi connectivity index (χ3n) is 4.24. The van der Waals surface area contributed by atoms with Crippen molar-refractivity contribution in [1.82, 2.24) is 24.8 Å². The van der Waals surface area contributed by atoms with E-state index in [0.29, 0.717) is 0 Å². The fourth-order valence-corrected chi connectivity index (χ4v) is 2.91. The number of anilines is 1. The predicted molar refractivity (Wildman–Crippen MR) is 93.9 cm³/mol. The zero-order valence-corrected chi connectivity index (χ0v) is 13.5. The smallest absolute Gasteiger partial charge is 0.147 e. The number of piperazine rings is 1. The van der Waals surface area contributed by atoms with Crippen LogP contribution >= 0.6 is 0 Å². The van der Waals surface area contributed by atoms with Crippen molar-refractivity contribution in [2.45, 2.75) is 6.54 Å². The van der Waals surface area contributed by atoms with E-state index < -0.39 is 0 Å². The van der Waals surface area contributed by atoms with Crippen molar-refractivity contribution in [3.8, 4) is 11.3 Å². The molecule has 0 saturated carbocycles. The molecule has 1 saturated heterocycles. The van der Waals surface area contributed by atoms with Crippen molar-refractivity contribution in [3.05, 3.63) is 60.9 Å². The van der Waals surface area contributed by atoms with E-state index in [9.17, 15) is 0 Å². The number of rotatable bonds is 4. The molecule has 0 bridgehead atoms. The molecule has 2 aromatic heterocycles. The molecule has 3 aromatic rings. The summed E-state index contributed by atoms with van der Waals surface area (Å²) in [4.78, 5) is 15.5. The minimum atomic E-state index is 0.826. The van der Waals surface area contributed by atoms with Gasteiger partial charge >= 0.3 is 0 Å². The van der Waals surface area contributed by atoms with Crippen molar-refractivity contribution in [2.24, 2.45) is 0 Å². The maximum Gasteiger partial charge on any atom is 0.147 e. The van der Waals surface area contributed by atoms with Gasteiger partial charge < -0.3 is 14.8 Å². The summed E-state index contributed by atoms with van der Waals surface area (Å²) in [6, 6.07) is 8.48. The first-order chi connectivity index (χ1) is 11.9. The van der Waals surface area contributed by atoms with Crippen LogP contribution in [0.4, 0.5) is 5.82 Å². The Morgan fingerprint density at radius 2 is 1.83 bits per heavy atom. The van der Waals surface area contributed by atoms with E-state index in [-0.39, 0.29) is 0 Å². The summed E-state index contributed by atoms with van der Waals surface area (Å²) in [5.74, 6) is 0.955. The molecule has 0 amide bonds. The fraction of sp³-hybridized carbons (Fsp3) is 0.278. The quantitative estimate of drug-likeness (QED) is 0.794. The molecule has 0 atom stereocenters. The van der Waals surface area contributed by atoms with Gasteiger partial charge in [0.1, 0.15) is 5.82 Å². The van der Waals surface area contributed by atoms with Gasteiger partial charge in [-0.25, -0.2) is 9.97 Å². The van der Waals surface area contributed by atoms with Gasteiger partial charge in [0, 0.05) is 50.7 Å². The van der Waals surface area contributed by atoms with Gasteiger partial charge in [0.2, 0.25) is 0 Å². The summed E-state index contributed by atoms with van der Waals surface area (Å²) < 4.78 is 2.06. The Hall–Kier alpha value is -2.73. The minimum absolute atomic E-state index is 0.826. The summed E-state index contributed by atoms with van der Waals surface area (Å²) in [5, 5.41) is 3.36. The summed E-state index contributed by atoms with van der Waals surface area (Å²) in [6.07, 6.45) is 9.27. The molecule has 1 fully saturated rings. The Morgan fingerprint density at radius 3 is 2.58 bits per heavy atom. The van der Waals surface area contributed by atoms with Gasteiger partial charge in [0.15, 0.2) is 0 Å². The van der Waals surface area contributed by atoms with Gasteiger partial charge in [-0.3, -0.25) is 4.98 Å². The lowest BCUT2D eigenvalue weighted by Crippen LogP contribution is -2.43. The molecule has 3 heterocycles. The number of hydrogen-bond donors (Lipinski definition) is 1. The lowest BCUT2D eigenvalue weighted by molar-refractivity contribution is 0.584. The second kappa shape index (κ2) is 6.80. The molecular weight excluding hydrogens is 300 g/mol. The van der Waals surface area contributed by atoms with Crippen molar-refractivity contribution in [3.63, 3.8) is 0 Å². The lowest BCUT2D eigenvalue weighted by Gasteiger charge is -2.28. The van der Waals surface area contributed by atoms with E-state index in [1.807, 2.05) is 24.9 Å². The highest BCUT2D eigenvalue weighted by molar-refractivity contribution is 5.60. The SMILES string of the molecule is c1cn(Cc2ccc(-c3cncc(N4CCNCC4)n3)cc2)cn1. The molecule has 0 spiro atoms. The standard InChI is InChI=1S/C18H20N6/c1-3-16(4-2-15(1)13-23-8-5-20-14-23)17-11-21-12-18(22-17)24-9-6-19-7-10-24/h1-5,8,11-12,14,19H,6-7,9-10,13H2.